The Kier molecular flexibility index (Phi) is 2.91. The van der Waals surface area contributed by atoms with Gasteiger partial charge in [-0.3, -0.25) is 19.7 Å². The number of aromatic hydroxyl groups is 1. The molecule has 19 heavy (non-hydrogen) atoms. The number of nitro benzene ring substituents is 1. The third-order valence-electron chi connectivity index (χ3n) is 2.38. The van der Waals surface area contributed by atoms with E-state index in [4.69, 9.17) is 0 Å². The molecule has 0 fully saturated rings. The Bertz CT molecular complexity index is 749. The number of carbonyl (C=O) groups excluding carboxylic acids is 1. The number of hydrogen-bond acceptors (Lipinski definition) is 6. The molecule has 98 valence electrons. The van der Waals surface area contributed by atoms with Gasteiger partial charge in [-0.25, -0.2) is 0 Å². The van der Waals surface area contributed by atoms with Gasteiger partial charge in [-0.1, -0.05) is 0 Å². The fourth-order valence-electron chi connectivity index (χ4n) is 1.60. The molecule has 0 radical (unpaired) electrons. The number of ether oxygens (including phenoxy) is 1. The molecular weight excluding hydrogens is 256 g/mol. The van der Waals surface area contributed by atoms with Crippen LogP contribution in [0.25, 0.3) is 10.9 Å². The molecule has 1 aromatic heterocycles. The molecule has 0 aliphatic rings. The van der Waals surface area contributed by atoms with E-state index in [9.17, 15) is 24.8 Å². The van der Waals surface area contributed by atoms with Crippen LogP contribution in [0, 0.1) is 10.1 Å². The fraction of sp³-hybridized carbons (Fsp3) is 0.0909. The standard InChI is InChI=1S/C11H8N2O6/c1-5(14)19-10-9(15)7-3-2-6(13(17)18)4-8(7)12-11(10)16/h2-4H,1H3,(H2,12,15,16). The van der Waals surface area contributed by atoms with Crippen LogP contribution in [0.5, 0.6) is 11.5 Å². The van der Waals surface area contributed by atoms with E-state index in [1.165, 1.54) is 6.07 Å². The normalized spacial score (nSPS) is 10.4. The predicted octanol–water partition coefficient (Wildman–Crippen LogP) is 1.07. The first kappa shape index (κ1) is 12.6. The number of benzene rings is 1. The smallest absolute Gasteiger partial charge is 0.308 e. The number of rotatable bonds is 2. The second-order valence-electron chi connectivity index (χ2n) is 3.71. The molecule has 2 rings (SSSR count). The zero-order valence-corrected chi connectivity index (χ0v) is 9.67. The topological polar surface area (TPSA) is 123 Å². The SMILES string of the molecule is CC(=O)Oc1c(O)c2ccc([N+](=O)[O-])cc2[nH]c1=O. The third-order valence-corrected chi connectivity index (χ3v) is 2.38. The second kappa shape index (κ2) is 4.41. The molecule has 0 unspecified atom stereocenters. The number of aromatic nitrogens is 1. The number of fused-ring (bicyclic) bond motifs is 1. The van der Waals surface area contributed by atoms with Crippen molar-refractivity contribution in [2.24, 2.45) is 0 Å². The molecule has 0 bridgehead atoms. The van der Waals surface area contributed by atoms with E-state index < -0.39 is 28.0 Å². The van der Waals surface area contributed by atoms with Crippen molar-refractivity contribution in [3.63, 3.8) is 0 Å². The number of aromatic amines is 1. The highest BCUT2D eigenvalue weighted by atomic mass is 16.6. The van der Waals surface area contributed by atoms with Crippen LogP contribution < -0.4 is 10.3 Å². The zero-order chi connectivity index (χ0) is 14.2. The van der Waals surface area contributed by atoms with Gasteiger partial charge in [0, 0.05) is 24.4 Å². The molecule has 0 spiro atoms. The summed E-state index contributed by atoms with van der Waals surface area (Å²) < 4.78 is 4.60. The molecular formula is C11H8N2O6. The Labute approximate surface area is 105 Å². The van der Waals surface area contributed by atoms with Crippen LogP contribution in [0.15, 0.2) is 23.0 Å². The average Bonchev–Trinajstić information content (AvgIpc) is 2.33. The van der Waals surface area contributed by atoms with Gasteiger partial charge in [0.05, 0.1) is 10.4 Å². The van der Waals surface area contributed by atoms with Crippen LogP contribution in [-0.4, -0.2) is 21.0 Å². The van der Waals surface area contributed by atoms with Crippen molar-refractivity contribution in [2.75, 3.05) is 0 Å². The average molecular weight is 264 g/mol. The Balaban J connectivity index is 2.72. The zero-order valence-electron chi connectivity index (χ0n) is 9.67. The van der Waals surface area contributed by atoms with Gasteiger partial charge in [-0.15, -0.1) is 0 Å². The number of H-pyrrole nitrogens is 1. The Morgan fingerprint density at radius 3 is 2.74 bits per heavy atom. The number of nitro groups is 1. The van der Waals surface area contributed by atoms with Crippen molar-refractivity contribution in [1.82, 2.24) is 4.98 Å². The second-order valence-corrected chi connectivity index (χ2v) is 3.71. The quantitative estimate of drug-likeness (QED) is 0.475. The van der Waals surface area contributed by atoms with Crippen LogP contribution in [0.2, 0.25) is 0 Å². The highest BCUT2D eigenvalue weighted by Crippen LogP contribution is 2.31. The van der Waals surface area contributed by atoms with E-state index in [2.05, 4.69) is 9.72 Å². The van der Waals surface area contributed by atoms with Gasteiger partial charge < -0.3 is 14.8 Å². The first-order valence-electron chi connectivity index (χ1n) is 5.12. The van der Waals surface area contributed by atoms with Gasteiger partial charge >= 0.3 is 5.97 Å². The van der Waals surface area contributed by atoms with Gasteiger partial charge in [0.15, 0.2) is 5.75 Å². The lowest BCUT2D eigenvalue weighted by atomic mass is 10.2. The first-order valence-corrected chi connectivity index (χ1v) is 5.12. The summed E-state index contributed by atoms with van der Waals surface area (Å²) in [6.07, 6.45) is 0. The first-order chi connectivity index (χ1) is 8.90. The van der Waals surface area contributed by atoms with E-state index in [0.29, 0.717) is 0 Å². The Morgan fingerprint density at radius 1 is 1.47 bits per heavy atom. The summed E-state index contributed by atoms with van der Waals surface area (Å²) in [7, 11) is 0. The summed E-state index contributed by atoms with van der Waals surface area (Å²) in [6.45, 7) is 1.08. The number of non-ortho nitro benzene ring substituents is 1. The summed E-state index contributed by atoms with van der Waals surface area (Å²) in [5.41, 5.74) is -1.00. The molecule has 1 aromatic carbocycles. The third kappa shape index (κ3) is 2.23. The largest absolute Gasteiger partial charge is 0.504 e. The monoisotopic (exact) mass is 264 g/mol. The molecule has 0 atom stereocenters. The van der Waals surface area contributed by atoms with Crippen LogP contribution in [-0.2, 0) is 4.79 Å². The number of pyridine rings is 1. The fourth-order valence-corrected chi connectivity index (χ4v) is 1.60. The van der Waals surface area contributed by atoms with Crippen molar-refractivity contribution in [1.29, 1.82) is 0 Å². The van der Waals surface area contributed by atoms with Gasteiger partial charge in [0.2, 0.25) is 5.75 Å². The summed E-state index contributed by atoms with van der Waals surface area (Å²) in [5.74, 6) is -1.83. The number of carbonyl (C=O) groups is 1. The lowest BCUT2D eigenvalue weighted by Crippen LogP contribution is -2.14. The van der Waals surface area contributed by atoms with Gasteiger partial charge in [-0.2, -0.15) is 0 Å². The molecule has 1 heterocycles. The summed E-state index contributed by atoms with van der Waals surface area (Å²) >= 11 is 0. The van der Waals surface area contributed by atoms with E-state index in [1.54, 1.807) is 0 Å². The maximum Gasteiger partial charge on any atom is 0.308 e. The van der Waals surface area contributed by atoms with Gasteiger partial charge in [-0.05, 0) is 6.07 Å². The van der Waals surface area contributed by atoms with Crippen LogP contribution in [0.1, 0.15) is 6.92 Å². The molecule has 2 aromatic rings. The van der Waals surface area contributed by atoms with E-state index >= 15 is 0 Å². The Hall–Kier alpha value is -2.90. The molecule has 0 amide bonds. The van der Waals surface area contributed by atoms with Gasteiger partial charge in [0.25, 0.3) is 11.2 Å². The summed E-state index contributed by atoms with van der Waals surface area (Å²) in [5, 5.41) is 20.6. The molecule has 0 saturated carbocycles. The predicted molar refractivity (Wildman–Crippen MR) is 64.2 cm³/mol. The van der Waals surface area contributed by atoms with Crippen LogP contribution in [0.3, 0.4) is 0 Å². The molecule has 8 heteroatoms. The lowest BCUT2D eigenvalue weighted by molar-refractivity contribution is -0.384. The van der Waals surface area contributed by atoms with Crippen molar-refractivity contribution < 1.29 is 19.6 Å². The lowest BCUT2D eigenvalue weighted by Gasteiger charge is -2.06. The highest BCUT2D eigenvalue weighted by molar-refractivity contribution is 5.89. The number of esters is 1. The molecule has 0 saturated heterocycles. The van der Waals surface area contributed by atoms with Crippen molar-refractivity contribution >= 4 is 22.6 Å². The minimum atomic E-state index is -0.847. The summed E-state index contributed by atoms with van der Waals surface area (Å²) in [4.78, 5) is 34.7. The van der Waals surface area contributed by atoms with E-state index in [-0.39, 0.29) is 16.6 Å². The molecule has 8 nitrogen and oxygen atoms in total. The van der Waals surface area contributed by atoms with Crippen molar-refractivity contribution in [3.05, 3.63) is 38.7 Å². The Morgan fingerprint density at radius 2 is 2.16 bits per heavy atom. The minimum Gasteiger partial charge on any atom is -0.504 e. The van der Waals surface area contributed by atoms with E-state index in [0.717, 1.165) is 19.1 Å². The maximum atomic E-state index is 11.6. The number of hydrogen-bond donors (Lipinski definition) is 2. The molecule has 2 N–H and O–H groups in total. The maximum absolute atomic E-state index is 11.6. The van der Waals surface area contributed by atoms with E-state index in [1.807, 2.05) is 0 Å². The molecule has 0 aliphatic heterocycles. The van der Waals surface area contributed by atoms with Crippen molar-refractivity contribution in [3.8, 4) is 11.5 Å². The number of nitrogens with one attached hydrogen (secondary N) is 1. The number of nitrogens with zero attached hydrogens (tertiary/aromatic N) is 1. The minimum absolute atomic E-state index is 0.0765. The van der Waals surface area contributed by atoms with Crippen LogP contribution >= 0.6 is 0 Å². The summed E-state index contributed by atoms with van der Waals surface area (Å²) in [6, 6.07) is 3.53. The highest BCUT2D eigenvalue weighted by Gasteiger charge is 2.17. The molecule has 0 aliphatic carbocycles. The van der Waals surface area contributed by atoms with Gasteiger partial charge in [0.1, 0.15) is 0 Å². The van der Waals surface area contributed by atoms with Crippen molar-refractivity contribution in [2.45, 2.75) is 6.92 Å². The van der Waals surface area contributed by atoms with Crippen LogP contribution in [0.4, 0.5) is 5.69 Å².